The van der Waals surface area contributed by atoms with Crippen molar-refractivity contribution >= 4 is 0 Å². The van der Waals surface area contributed by atoms with Crippen LogP contribution in [0.5, 0.6) is 0 Å². The van der Waals surface area contributed by atoms with Gasteiger partial charge in [-0.2, -0.15) is 0 Å². The smallest absolute Gasteiger partial charge is 0.0622 e. The molecule has 112 valence electrons. The minimum Gasteiger partial charge on any atom is -0.378 e. The van der Waals surface area contributed by atoms with Crippen LogP contribution in [-0.2, 0) is 10.2 Å². The summed E-state index contributed by atoms with van der Waals surface area (Å²) in [7, 11) is 2.04. The lowest BCUT2D eigenvalue weighted by atomic mass is 9.81. The Morgan fingerprint density at radius 2 is 2.10 bits per heavy atom. The van der Waals surface area contributed by atoms with Crippen molar-refractivity contribution in [2.45, 2.75) is 31.7 Å². The molecule has 1 aliphatic heterocycles. The number of nitrogens with zero attached hydrogens (tertiary/aromatic N) is 1. The lowest BCUT2D eigenvalue weighted by Crippen LogP contribution is -2.52. The van der Waals surface area contributed by atoms with Crippen molar-refractivity contribution in [1.82, 2.24) is 10.2 Å². The number of ether oxygens (including phenoxy) is 1. The molecule has 1 N–H and O–H groups in total. The van der Waals surface area contributed by atoms with Crippen molar-refractivity contribution in [3.8, 4) is 0 Å². The molecule has 0 aliphatic carbocycles. The van der Waals surface area contributed by atoms with Gasteiger partial charge in [-0.25, -0.2) is 0 Å². The first-order chi connectivity index (χ1) is 9.69. The molecule has 2 rings (SSSR count). The predicted molar refractivity (Wildman–Crippen MR) is 84.2 cm³/mol. The van der Waals surface area contributed by atoms with Crippen molar-refractivity contribution in [3.05, 3.63) is 35.9 Å². The van der Waals surface area contributed by atoms with Crippen LogP contribution >= 0.6 is 0 Å². The van der Waals surface area contributed by atoms with E-state index in [0.717, 1.165) is 39.3 Å². The number of nitrogens with one attached hydrogen (secondary N) is 1. The summed E-state index contributed by atoms with van der Waals surface area (Å²) in [6.07, 6.45) is 1.16. The van der Waals surface area contributed by atoms with Crippen LogP contribution in [0.15, 0.2) is 30.3 Å². The van der Waals surface area contributed by atoms with Crippen LogP contribution in [0, 0.1) is 0 Å². The van der Waals surface area contributed by atoms with Crippen molar-refractivity contribution in [3.63, 3.8) is 0 Å². The summed E-state index contributed by atoms with van der Waals surface area (Å²) in [5.74, 6) is 0. The van der Waals surface area contributed by atoms with Gasteiger partial charge in [-0.3, -0.25) is 4.90 Å². The van der Waals surface area contributed by atoms with Gasteiger partial charge in [-0.1, -0.05) is 44.2 Å². The van der Waals surface area contributed by atoms with Gasteiger partial charge in [0.15, 0.2) is 0 Å². The second-order valence-corrected chi connectivity index (χ2v) is 6.06. The number of rotatable bonds is 6. The van der Waals surface area contributed by atoms with Gasteiger partial charge < -0.3 is 10.1 Å². The van der Waals surface area contributed by atoms with Crippen LogP contribution in [0.4, 0.5) is 0 Å². The third-order valence-corrected chi connectivity index (χ3v) is 4.41. The molecular weight excluding hydrogens is 248 g/mol. The summed E-state index contributed by atoms with van der Waals surface area (Å²) < 4.78 is 5.63. The molecule has 0 aromatic heterocycles. The van der Waals surface area contributed by atoms with Crippen LogP contribution in [-0.4, -0.2) is 50.8 Å². The van der Waals surface area contributed by atoms with Crippen LogP contribution in [0.3, 0.4) is 0 Å². The highest BCUT2D eigenvalue weighted by atomic mass is 16.5. The monoisotopic (exact) mass is 276 g/mol. The lowest BCUT2D eigenvalue weighted by molar-refractivity contribution is -0.0175. The molecule has 1 heterocycles. The second-order valence-electron chi connectivity index (χ2n) is 6.06. The van der Waals surface area contributed by atoms with E-state index in [1.165, 1.54) is 5.56 Å². The zero-order valence-electron chi connectivity index (χ0n) is 13.1. The Morgan fingerprint density at radius 3 is 2.75 bits per heavy atom. The van der Waals surface area contributed by atoms with E-state index in [0.29, 0.717) is 6.04 Å². The summed E-state index contributed by atoms with van der Waals surface area (Å²) in [5.41, 5.74) is 1.55. The standard InChI is InChI=1S/C17H28N2O/c1-4-16-12-20-11-10-19(16)14-17(2,13-18-3)15-8-6-5-7-9-15/h5-9,16,18H,4,10-14H2,1-3H3. The summed E-state index contributed by atoms with van der Waals surface area (Å²) in [5, 5.41) is 3.37. The van der Waals surface area contributed by atoms with Crippen LogP contribution in [0.2, 0.25) is 0 Å². The van der Waals surface area contributed by atoms with Gasteiger partial charge in [0, 0.05) is 31.1 Å². The molecule has 3 heteroatoms. The van der Waals surface area contributed by atoms with E-state index in [2.05, 4.69) is 54.4 Å². The molecule has 0 spiro atoms. The highest BCUT2D eigenvalue weighted by Crippen LogP contribution is 2.26. The van der Waals surface area contributed by atoms with Crippen molar-refractivity contribution in [2.24, 2.45) is 0 Å². The maximum Gasteiger partial charge on any atom is 0.0622 e. The third kappa shape index (κ3) is 3.60. The van der Waals surface area contributed by atoms with Crippen LogP contribution < -0.4 is 5.32 Å². The number of hydrogen-bond donors (Lipinski definition) is 1. The van der Waals surface area contributed by atoms with E-state index in [-0.39, 0.29) is 5.41 Å². The Kier molecular flexibility index (Phi) is 5.58. The Hall–Kier alpha value is -0.900. The quantitative estimate of drug-likeness (QED) is 0.862. The van der Waals surface area contributed by atoms with Crippen molar-refractivity contribution < 1.29 is 4.74 Å². The molecular formula is C17H28N2O. The summed E-state index contributed by atoms with van der Waals surface area (Å²) in [6, 6.07) is 11.4. The fourth-order valence-electron chi connectivity index (χ4n) is 3.20. The fourth-order valence-corrected chi connectivity index (χ4v) is 3.20. The van der Waals surface area contributed by atoms with Crippen LogP contribution in [0.1, 0.15) is 25.8 Å². The van der Waals surface area contributed by atoms with Crippen molar-refractivity contribution in [2.75, 3.05) is 39.9 Å². The van der Waals surface area contributed by atoms with Gasteiger partial charge in [-0.15, -0.1) is 0 Å². The molecule has 0 bridgehead atoms. The zero-order valence-corrected chi connectivity index (χ0v) is 13.1. The SMILES string of the molecule is CCC1COCCN1CC(C)(CNC)c1ccccc1. The molecule has 1 saturated heterocycles. The fraction of sp³-hybridized carbons (Fsp3) is 0.647. The van der Waals surface area contributed by atoms with Gasteiger partial charge in [0.05, 0.1) is 13.2 Å². The first-order valence-corrected chi connectivity index (χ1v) is 7.71. The second kappa shape index (κ2) is 7.21. The zero-order chi connectivity index (χ0) is 14.4. The third-order valence-electron chi connectivity index (χ3n) is 4.41. The van der Waals surface area contributed by atoms with Crippen molar-refractivity contribution in [1.29, 1.82) is 0 Å². The maximum atomic E-state index is 5.63. The van der Waals surface area contributed by atoms with Gasteiger partial charge in [0.2, 0.25) is 0 Å². The molecule has 1 aromatic carbocycles. The maximum absolute atomic E-state index is 5.63. The van der Waals surface area contributed by atoms with Crippen LogP contribution in [0.25, 0.3) is 0 Å². The highest BCUT2D eigenvalue weighted by molar-refractivity contribution is 5.25. The number of likely N-dealkylation sites (N-methyl/N-ethyl adjacent to an activating group) is 1. The van der Waals surface area contributed by atoms with Gasteiger partial charge in [0.25, 0.3) is 0 Å². The molecule has 2 unspecified atom stereocenters. The van der Waals surface area contributed by atoms with E-state index in [1.807, 2.05) is 7.05 Å². The van der Waals surface area contributed by atoms with E-state index in [4.69, 9.17) is 4.74 Å². The summed E-state index contributed by atoms with van der Waals surface area (Å²) >= 11 is 0. The number of benzene rings is 1. The van der Waals surface area contributed by atoms with Gasteiger partial charge >= 0.3 is 0 Å². The largest absolute Gasteiger partial charge is 0.378 e. The Bertz CT molecular complexity index is 395. The van der Waals surface area contributed by atoms with E-state index >= 15 is 0 Å². The molecule has 1 aromatic rings. The number of hydrogen-bond acceptors (Lipinski definition) is 3. The Balaban J connectivity index is 2.16. The van der Waals surface area contributed by atoms with E-state index in [1.54, 1.807) is 0 Å². The summed E-state index contributed by atoms with van der Waals surface area (Å²) in [6.45, 7) is 9.47. The molecule has 0 amide bonds. The topological polar surface area (TPSA) is 24.5 Å². The first-order valence-electron chi connectivity index (χ1n) is 7.71. The van der Waals surface area contributed by atoms with Gasteiger partial charge in [0.1, 0.15) is 0 Å². The van der Waals surface area contributed by atoms with Gasteiger partial charge in [-0.05, 0) is 19.0 Å². The minimum atomic E-state index is 0.140. The summed E-state index contributed by atoms with van der Waals surface area (Å²) in [4.78, 5) is 2.60. The highest BCUT2D eigenvalue weighted by Gasteiger charge is 2.32. The average Bonchev–Trinajstić information content (AvgIpc) is 2.49. The number of morpholine rings is 1. The molecule has 1 aliphatic rings. The molecule has 1 fully saturated rings. The molecule has 20 heavy (non-hydrogen) atoms. The Morgan fingerprint density at radius 1 is 1.35 bits per heavy atom. The predicted octanol–water partition coefficient (Wildman–Crippen LogP) is 2.27. The van der Waals surface area contributed by atoms with E-state index in [9.17, 15) is 0 Å². The molecule has 0 saturated carbocycles. The molecule has 3 nitrogen and oxygen atoms in total. The molecule has 0 radical (unpaired) electrons. The minimum absolute atomic E-state index is 0.140. The Labute approximate surface area is 123 Å². The first kappa shape index (κ1) is 15.5. The molecule has 2 atom stereocenters. The lowest BCUT2D eigenvalue weighted by Gasteiger charge is -2.42. The van der Waals surface area contributed by atoms with E-state index < -0.39 is 0 Å². The normalized spacial score (nSPS) is 23.4. The average molecular weight is 276 g/mol.